The van der Waals surface area contributed by atoms with E-state index in [-0.39, 0.29) is 0 Å². The van der Waals surface area contributed by atoms with Gasteiger partial charge in [0.2, 0.25) is 0 Å². The van der Waals surface area contributed by atoms with Gasteiger partial charge in [0, 0.05) is 0 Å². The van der Waals surface area contributed by atoms with Crippen LogP contribution in [-0.4, -0.2) is 26.7 Å². The second-order valence-corrected chi connectivity index (χ2v) is 6.54. The standard InChI is InChI=1S/C15H31N3O3Si/c1-7-10-13(4)16-19-22(20-17-14(5)11-8-2)21-18-15(6)12-9-3/h22H,7-12H2,1-6H3. The van der Waals surface area contributed by atoms with Gasteiger partial charge in [-0.15, -0.1) is 15.5 Å². The van der Waals surface area contributed by atoms with E-state index in [9.17, 15) is 0 Å². The van der Waals surface area contributed by atoms with Crippen LogP contribution in [0.15, 0.2) is 15.5 Å². The van der Waals surface area contributed by atoms with Gasteiger partial charge in [-0.05, 0) is 40.0 Å². The Labute approximate surface area is 136 Å². The predicted octanol–water partition coefficient (Wildman–Crippen LogP) is 4.28. The van der Waals surface area contributed by atoms with Crippen molar-refractivity contribution >= 4 is 26.7 Å². The van der Waals surface area contributed by atoms with Crippen LogP contribution in [0.5, 0.6) is 0 Å². The summed E-state index contributed by atoms with van der Waals surface area (Å²) in [6.45, 7) is 12.1. The molecule has 0 atom stereocenters. The van der Waals surface area contributed by atoms with Crippen LogP contribution < -0.4 is 0 Å². The van der Waals surface area contributed by atoms with Gasteiger partial charge in [-0.2, -0.15) is 0 Å². The molecule has 6 nitrogen and oxygen atoms in total. The Bertz CT molecular complexity index is 327. The monoisotopic (exact) mass is 329 g/mol. The summed E-state index contributed by atoms with van der Waals surface area (Å²) in [4.78, 5) is 0. The van der Waals surface area contributed by atoms with Gasteiger partial charge in [0.1, 0.15) is 0 Å². The summed E-state index contributed by atoms with van der Waals surface area (Å²) in [5.74, 6) is 0. The second-order valence-electron chi connectivity index (χ2n) is 5.33. The van der Waals surface area contributed by atoms with Crippen molar-refractivity contribution in [2.75, 3.05) is 0 Å². The van der Waals surface area contributed by atoms with Crippen LogP contribution in [0.3, 0.4) is 0 Å². The molecular formula is C15H31N3O3Si. The predicted molar refractivity (Wildman–Crippen MR) is 94.5 cm³/mol. The van der Waals surface area contributed by atoms with Gasteiger partial charge >= 0.3 is 9.53 Å². The smallest absolute Gasteiger partial charge is 0.375 e. The molecule has 0 amide bonds. The molecule has 7 heteroatoms. The van der Waals surface area contributed by atoms with Crippen LogP contribution in [0.25, 0.3) is 0 Å². The van der Waals surface area contributed by atoms with E-state index in [0.29, 0.717) is 0 Å². The minimum Gasteiger partial charge on any atom is -0.375 e. The van der Waals surface area contributed by atoms with Gasteiger partial charge in [-0.1, -0.05) is 40.0 Å². The summed E-state index contributed by atoms with van der Waals surface area (Å²) in [7, 11) is -2.54. The van der Waals surface area contributed by atoms with Gasteiger partial charge in [-0.25, -0.2) is 0 Å². The highest BCUT2D eigenvalue weighted by Gasteiger charge is 2.22. The second kappa shape index (κ2) is 13.3. The SMILES string of the molecule is CCCC(C)=NO[SiH](ON=C(C)CCC)ON=C(C)CCC. The van der Waals surface area contributed by atoms with Crippen LogP contribution in [-0.2, 0) is 13.6 Å². The lowest BCUT2D eigenvalue weighted by Crippen LogP contribution is -2.22. The Balaban J connectivity index is 4.65. The quantitative estimate of drug-likeness (QED) is 0.305. The average molecular weight is 330 g/mol. The highest BCUT2D eigenvalue weighted by atomic mass is 28.3. The summed E-state index contributed by atoms with van der Waals surface area (Å²) >= 11 is 0. The minimum atomic E-state index is -2.54. The summed E-state index contributed by atoms with van der Waals surface area (Å²) in [5, 5.41) is 12.2. The van der Waals surface area contributed by atoms with Crippen molar-refractivity contribution in [3.8, 4) is 0 Å². The molecule has 0 radical (unpaired) electrons. The van der Waals surface area contributed by atoms with Crippen molar-refractivity contribution in [1.29, 1.82) is 0 Å². The Hall–Kier alpha value is -1.37. The summed E-state index contributed by atoms with van der Waals surface area (Å²) in [6, 6.07) is 0. The number of rotatable bonds is 12. The van der Waals surface area contributed by atoms with Gasteiger partial charge in [0.25, 0.3) is 0 Å². The lowest BCUT2D eigenvalue weighted by molar-refractivity contribution is 0.101. The molecule has 0 saturated heterocycles. The maximum atomic E-state index is 5.38. The van der Waals surface area contributed by atoms with E-state index < -0.39 is 9.53 Å². The molecule has 0 aliphatic carbocycles. The third-order valence-corrected chi connectivity index (χ3v) is 3.55. The fraction of sp³-hybridized carbons (Fsp3) is 0.800. The largest absolute Gasteiger partial charge is 0.746 e. The van der Waals surface area contributed by atoms with Crippen LogP contribution in [0.4, 0.5) is 0 Å². The van der Waals surface area contributed by atoms with Crippen LogP contribution >= 0.6 is 0 Å². The molecular weight excluding hydrogens is 298 g/mol. The maximum absolute atomic E-state index is 5.38. The van der Waals surface area contributed by atoms with E-state index in [4.69, 9.17) is 13.6 Å². The van der Waals surface area contributed by atoms with E-state index in [2.05, 4.69) is 36.2 Å². The molecule has 0 fully saturated rings. The molecule has 22 heavy (non-hydrogen) atoms. The van der Waals surface area contributed by atoms with Crippen molar-refractivity contribution in [2.45, 2.75) is 80.1 Å². The molecule has 0 aromatic rings. The van der Waals surface area contributed by atoms with Crippen molar-refractivity contribution in [3.05, 3.63) is 0 Å². The minimum absolute atomic E-state index is 0.886. The van der Waals surface area contributed by atoms with Crippen molar-refractivity contribution in [2.24, 2.45) is 15.5 Å². The van der Waals surface area contributed by atoms with Gasteiger partial charge in [-0.3, -0.25) is 0 Å². The fourth-order valence-electron chi connectivity index (χ4n) is 1.68. The Morgan fingerprint density at radius 3 is 1.14 bits per heavy atom. The third kappa shape index (κ3) is 11.3. The zero-order valence-corrected chi connectivity index (χ0v) is 16.0. The number of hydrogen-bond acceptors (Lipinski definition) is 6. The molecule has 0 spiro atoms. The highest BCUT2D eigenvalue weighted by molar-refractivity contribution is 6.36. The third-order valence-electron chi connectivity index (χ3n) is 2.72. The first-order valence-electron chi connectivity index (χ1n) is 8.11. The topological polar surface area (TPSA) is 64.8 Å². The van der Waals surface area contributed by atoms with Crippen molar-refractivity contribution < 1.29 is 13.6 Å². The number of oxime groups is 3. The molecule has 0 unspecified atom stereocenters. The Morgan fingerprint density at radius 1 is 0.636 bits per heavy atom. The molecule has 0 aromatic heterocycles. The lowest BCUT2D eigenvalue weighted by atomic mass is 10.2. The molecule has 0 aromatic carbocycles. The molecule has 0 aliphatic heterocycles. The highest BCUT2D eigenvalue weighted by Crippen LogP contribution is 2.02. The van der Waals surface area contributed by atoms with Gasteiger partial charge < -0.3 is 13.6 Å². The number of hydrogen-bond donors (Lipinski definition) is 0. The van der Waals surface area contributed by atoms with Crippen LogP contribution in [0.2, 0.25) is 0 Å². The normalized spacial score (nSPS) is 14.7. The zero-order chi connectivity index (χ0) is 16.8. The van der Waals surface area contributed by atoms with E-state index in [1.807, 2.05) is 20.8 Å². The van der Waals surface area contributed by atoms with Gasteiger partial charge in [0.05, 0.1) is 17.1 Å². The summed E-state index contributed by atoms with van der Waals surface area (Å²) in [6.07, 6.45) is 5.72. The Kier molecular flexibility index (Phi) is 12.5. The van der Waals surface area contributed by atoms with Crippen LogP contribution in [0.1, 0.15) is 80.1 Å². The van der Waals surface area contributed by atoms with Gasteiger partial charge in [0.15, 0.2) is 0 Å². The lowest BCUT2D eigenvalue weighted by Gasteiger charge is -2.10. The first-order valence-corrected chi connectivity index (χ1v) is 9.52. The maximum Gasteiger partial charge on any atom is 0.746 e. The molecule has 0 N–H and O–H groups in total. The summed E-state index contributed by atoms with van der Waals surface area (Å²) in [5.41, 5.74) is 2.74. The fourth-order valence-corrected chi connectivity index (χ4v) is 2.59. The molecule has 0 rings (SSSR count). The molecule has 128 valence electrons. The first-order chi connectivity index (χ1) is 10.5. The first kappa shape index (κ1) is 20.6. The van der Waals surface area contributed by atoms with Crippen molar-refractivity contribution in [3.63, 3.8) is 0 Å². The van der Waals surface area contributed by atoms with E-state index in [0.717, 1.165) is 55.7 Å². The van der Waals surface area contributed by atoms with E-state index in [1.54, 1.807) is 0 Å². The van der Waals surface area contributed by atoms with Crippen LogP contribution in [0, 0.1) is 0 Å². The molecule has 0 aliphatic rings. The van der Waals surface area contributed by atoms with Crippen molar-refractivity contribution in [1.82, 2.24) is 0 Å². The number of nitrogens with zero attached hydrogens (tertiary/aromatic N) is 3. The summed E-state index contributed by atoms with van der Waals surface area (Å²) < 4.78 is 16.1. The van der Waals surface area contributed by atoms with E-state index in [1.165, 1.54) is 0 Å². The molecule has 0 saturated carbocycles. The molecule has 0 bridgehead atoms. The Morgan fingerprint density at radius 2 is 0.909 bits per heavy atom. The molecule has 0 heterocycles. The van der Waals surface area contributed by atoms with E-state index >= 15 is 0 Å². The zero-order valence-electron chi connectivity index (χ0n) is 14.9. The average Bonchev–Trinajstić information content (AvgIpc) is 2.47.